The van der Waals surface area contributed by atoms with Crippen molar-refractivity contribution in [3.05, 3.63) is 48.3 Å². The number of amides is 1. The van der Waals surface area contributed by atoms with E-state index in [9.17, 15) is 4.79 Å². The standard InChI is InChI=1S/C16H21N5O/c22-16(18-8-11-20-9-6-17-7-10-20)14-12-19-21(13-14)15-4-2-1-3-5-15/h1-5,12-13,17H,6-11H2,(H,18,22). The van der Waals surface area contributed by atoms with Crippen LogP contribution in [0.5, 0.6) is 0 Å². The minimum atomic E-state index is -0.0719. The number of para-hydroxylation sites is 1. The van der Waals surface area contributed by atoms with Crippen LogP contribution in [0, 0.1) is 0 Å². The Morgan fingerprint density at radius 2 is 2.00 bits per heavy atom. The first-order chi connectivity index (χ1) is 10.8. The fraction of sp³-hybridized carbons (Fsp3) is 0.375. The smallest absolute Gasteiger partial charge is 0.254 e. The molecule has 6 nitrogen and oxygen atoms in total. The third-order valence-electron chi connectivity index (χ3n) is 3.79. The number of aromatic nitrogens is 2. The number of nitrogens with zero attached hydrogens (tertiary/aromatic N) is 3. The second kappa shape index (κ2) is 7.20. The van der Waals surface area contributed by atoms with Crippen molar-refractivity contribution < 1.29 is 4.79 Å². The quantitative estimate of drug-likeness (QED) is 0.844. The maximum Gasteiger partial charge on any atom is 0.254 e. The molecule has 3 rings (SSSR count). The summed E-state index contributed by atoms with van der Waals surface area (Å²) in [5.41, 5.74) is 1.53. The molecule has 1 aliphatic rings. The van der Waals surface area contributed by atoms with Crippen LogP contribution in [0.4, 0.5) is 0 Å². The first-order valence-electron chi connectivity index (χ1n) is 7.64. The molecule has 116 valence electrons. The summed E-state index contributed by atoms with van der Waals surface area (Å²) in [5, 5.41) is 10.5. The topological polar surface area (TPSA) is 62.2 Å². The Morgan fingerprint density at radius 1 is 1.23 bits per heavy atom. The lowest BCUT2D eigenvalue weighted by atomic mass is 10.3. The lowest BCUT2D eigenvalue weighted by molar-refractivity contribution is 0.0947. The number of piperazine rings is 1. The van der Waals surface area contributed by atoms with Crippen LogP contribution in [-0.4, -0.2) is 59.9 Å². The van der Waals surface area contributed by atoms with Gasteiger partial charge < -0.3 is 10.6 Å². The summed E-state index contributed by atoms with van der Waals surface area (Å²) in [6.45, 7) is 5.69. The Morgan fingerprint density at radius 3 is 2.77 bits per heavy atom. The van der Waals surface area contributed by atoms with Crippen molar-refractivity contribution in [3.8, 4) is 5.69 Å². The normalized spacial score (nSPS) is 15.6. The van der Waals surface area contributed by atoms with Gasteiger partial charge in [-0.3, -0.25) is 9.69 Å². The van der Waals surface area contributed by atoms with E-state index in [0.717, 1.165) is 38.4 Å². The van der Waals surface area contributed by atoms with Gasteiger partial charge in [0, 0.05) is 45.5 Å². The van der Waals surface area contributed by atoms with Crippen molar-refractivity contribution in [3.63, 3.8) is 0 Å². The number of benzene rings is 1. The van der Waals surface area contributed by atoms with E-state index in [1.165, 1.54) is 0 Å². The molecule has 1 amide bonds. The first kappa shape index (κ1) is 14.7. The highest BCUT2D eigenvalue weighted by molar-refractivity contribution is 5.93. The zero-order chi connectivity index (χ0) is 15.2. The van der Waals surface area contributed by atoms with E-state index < -0.39 is 0 Å². The van der Waals surface area contributed by atoms with Crippen LogP contribution in [0.3, 0.4) is 0 Å². The summed E-state index contributed by atoms with van der Waals surface area (Å²) in [6.07, 6.45) is 3.36. The number of hydrogen-bond donors (Lipinski definition) is 2. The Bertz CT molecular complexity index is 604. The molecule has 2 heterocycles. The predicted octanol–water partition coefficient (Wildman–Crippen LogP) is 0.507. The second-order valence-corrected chi connectivity index (χ2v) is 5.36. The van der Waals surface area contributed by atoms with Gasteiger partial charge in [0.1, 0.15) is 0 Å². The molecule has 1 saturated heterocycles. The monoisotopic (exact) mass is 299 g/mol. The fourth-order valence-electron chi connectivity index (χ4n) is 2.53. The van der Waals surface area contributed by atoms with E-state index in [0.29, 0.717) is 12.1 Å². The zero-order valence-electron chi connectivity index (χ0n) is 12.5. The molecule has 6 heteroatoms. The van der Waals surface area contributed by atoms with Gasteiger partial charge in [-0.05, 0) is 12.1 Å². The van der Waals surface area contributed by atoms with Gasteiger partial charge in [0.2, 0.25) is 0 Å². The van der Waals surface area contributed by atoms with Crippen molar-refractivity contribution in [1.82, 2.24) is 25.3 Å². The summed E-state index contributed by atoms with van der Waals surface area (Å²) < 4.78 is 1.71. The Hall–Kier alpha value is -2.18. The van der Waals surface area contributed by atoms with E-state index in [2.05, 4.69) is 20.6 Å². The van der Waals surface area contributed by atoms with Gasteiger partial charge in [-0.25, -0.2) is 4.68 Å². The van der Waals surface area contributed by atoms with Crippen molar-refractivity contribution in [2.24, 2.45) is 0 Å². The molecule has 22 heavy (non-hydrogen) atoms. The van der Waals surface area contributed by atoms with E-state index >= 15 is 0 Å². The van der Waals surface area contributed by atoms with Crippen LogP contribution in [0.25, 0.3) is 5.69 Å². The second-order valence-electron chi connectivity index (χ2n) is 5.36. The van der Waals surface area contributed by atoms with Crippen LogP contribution in [-0.2, 0) is 0 Å². The van der Waals surface area contributed by atoms with Crippen molar-refractivity contribution >= 4 is 5.91 Å². The molecule has 1 fully saturated rings. The number of carbonyl (C=O) groups excluding carboxylic acids is 1. The van der Waals surface area contributed by atoms with Gasteiger partial charge >= 0.3 is 0 Å². The number of hydrogen-bond acceptors (Lipinski definition) is 4. The SMILES string of the molecule is O=C(NCCN1CCNCC1)c1cnn(-c2ccccc2)c1. The molecule has 0 unspecified atom stereocenters. The van der Waals surface area contributed by atoms with Crippen LogP contribution >= 0.6 is 0 Å². The highest BCUT2D eigenvalue weighted by Gasteiger charge is 2.11. The molecule has 1 aliphatic heterocycles. The Labute approximate surface area is 130 Å². The van der Waals surface area contributed by atoms with Gasteiger partial charge in [0.05, 0.1) is 17.4 Å². The molecular weight excluding hydrogens is 278 g/mol. The zero-order valence-corrected chi connectivity index (χ0v) is 12.5. The van der Waals surface area contributed by atoms with Crippen LogP contribution in [0.1, 0.15) is 10.4 Å². The van der Waals surface area contributed by atoms with Crippen molar-refractivity contribution in [2.75, 3.05) is 39.3 Å². The van der Waals surface area contributed by atoms with Gasteiger partial charge in [0.15, 0.2) is 0 Å². The first-order valence-corrected chi connectivity index (χ1v) is 7.64. The molecule has 0 atom stereocenters. The van der Waals surface area contributed by atoms with Gasteiger partial charge in [-0.1, -0.05) is 18.2 Å². The van der Waals surface area contributed by atoms with E-state index in [4.69, 9.17) is 0 Å². The largest absolute Gasteiger partial charge is 0.351 e. The summed E-state index contributed by atoms with van der Waals surface area (Å²) in [5.74, 6) is -0.0719. The predicted molar refractivity (Wildman–Crippen MR) is 85.2 cm³/mol. The third-order valence-corrected chi connectivity index (χ3v) is 3.79. The lowest BCUT2D eigenvalue weighted by Crippen LogP contribution is -2.46. The lowest BCUT2D eigenvalue weighted by Gasteiger charge is -2.26. The minimum Gasteiger partial charge on any atom is -0.351 e. The Kier molecular flexibility index (Phi) is 4.82. The van der Waals surface area contributed by atoms with E-state index in [1.807, 2.05) is 30.3 Å². The molecule has 0 saturated carbocycles. The number of carbonyl (C=O) groups is 1. The highest BCUT2D eigenvalue weighted by Crippen LogP contribution is 2.07. The summed E-state index contributed by atoms with van der Waals surface area (Å²) in [6, 6.07) is 9.77. The average Bonchev–Trinajstić information content (AvgIpc) is 3.07. The van der Waals surface area contributed by atoms with Crippen LogP contribution in [0.15, 0.2) is 42.7 Å². The van der Waals surface area contributed by atoms with Crippen LogP contribution in [0.2, 0.25) is 0 Å². The van der Waals surface area contributed by atoms with E-state index in [1.54, 1.807) is 17.1 Å². The molecule has 2 aromatic rings. The summed E-state index contributed by atoms with van der Waals surface area (Å²) in [7, 11) is 0. The molecule has 1 aromatic carbocycles. The maximum absolute atomic E-state index is 12.1. The molecule has 1 aromatic heterocycles. The summed E-state index contributed by atoms with van der Waals surface area (Å²) >= 11 is 0. The van der Waals surface area contributed by atoms with Gasteiger partial charge in [-0.15, -0.1) is 0 Å². The van der Waals surface area contributed by atoms with Crippen molar-refractivity contribution in [1.29, 1.82) is 0 Å². The molecule has 0 bridgehead atoms. The molecule has 2 N–H and O–H groups in total. The fourth-order valence-corrected chi connectivity index (χ4v) is 2.53. The molecule has 0 aliphatic carbocycles. The molecule has 0 spiro atoms. The average molecular weight is 299 g/mol. The Balaban J connectivity index is 1.51. The van der Waals surface area contributed by atoms with Gasteiger partial charge in [0.25, 0.3) is 5.91 Å². The van der Waals surface area contributed by atoms with Gasteiger partial charge in [-0.2, -0.15) is 5.10 Å². The minimum absolute atomic E-state index is 0.0719. The third kappa shape index (κ3) is 3.72. The maximum atomic E-state index is 12.1. The van der Waals surface area contributed by atoms with Crippen molar-refractivity contribution in [2.45, 2.75) is 0 Å². The highest BCUT2D eigenvalue weighted by atomic mass is 16.1. The van der Waals surface area contributed by atoms with Crippen LogP contribution < -0.4 is 10.6 Å². The molecule has 0 radical (unpaired) electrons. The summed E-state index contributed by atoms with van der Waals surface area (Å²) in [4.78, 5) is 14.5. The molecular formula is C16H21N5O. The number of nitrogens with one attached hydrogen (secondary N) is 2. The number of rotatable bonds is 5. The van der Waals surface area contributed by atoms with E-state index in [-0.39, 0.29) is 5.91 Å².